The molecule has 0 spiro atoms. The molecular formula is C24H25N5O5S. The molecule has 2 aromatic heterocycles. The third kappa shape index (κ3) is 6.06. The molecule has 3 aromatic rings. The zero-order valence-corrected chi connectivity index (χ0v) is 19.8. The van der Waals surface area contributed by atoms with Gasteiger partial charge >= 0.3 is 0 Å². The van der Waals surface area contributed by atoms with E-state index in [1.165, 1.54) is 11.3 Å². The lowest BCUT2D eigenvalue weighted by Crippen LogP contribution is -2.41. The van der Waals surface area contributed by atoms with Crippen LogP contribution in [0.15, 0.2) is 42.7 Å². The highest BCUT2D eigenvalue weighted by molar-refractivity contribution is 7.14. The molecule has 11 heteroatoms. The number of carbonyl (C=O) groups is 2. The minimum absolute atomic E-state index is 0.0706. The molecule has 1 aromatic carbocycles. The van der Waals surface area contributed by atoms with Crippen molar-refractivity contribution in [3.63, 3.8) is 0 Å². The number of nitrogens with zero attached hydrogens (tertiary/aromatic N) is 4. The highest BCUT2D eigenvalue weighted by Gasteiger charge is 2.23. The summed E-state index contributed by atoms with van der Waals surface area (Å²) in [5.74, 6) is 0.220. The molecule has 1 N–H and O–H groups in total. The molecule has 182 valence electrons. The Hall–Kier alpha value is -3.25. The summed E-state index contributed by atoms with van der Waals surface area (Å²) in [7, 11) is 0. The van der Waals surface area contributed by atoms with Gasteiger partial charge in [-0.3, -0.25) is 19.5 Å². The number of morpholine rings is 1. The first-order chi connectivity index (χ1) is 17.1. The van der Waals surface area contributed by atoms with Crippen LogP contribution in [0.2, 0.25) is 0 Å². The molecule has 2 fully saturated rings. The number of ether oxygens (including phenoxy) is 3. The fourth-order valence-electron chi connectivity index (χ4n) is 3.69. The number of anilines is 1. The van der Waals surface area contributed by atoms with Gasteiger partial charge in [-0.15, -0.1) is 10.2 Å². The maximum Gasteiger partial charge on any atom is 0.238 e. The Labute approximate surface area is 206 Å². The standard InChI is InChI=1S/C24H25N5O5S/c30-20(11-23-27-28-24(35-23)17-2-1-5-25-12-17)16-3-4-21(34-18-14-33-15-18)19(10-16)26-22(31)13-29-6-8-32-9-7-29/h1-5,10,12,18H,6-9,11,13-15H2,(H,26,31). The summed E-state index contributed by atoms with van der Waals surface area (Å²) < 4.78 is 16.5. The number of amides is 1. The van der Waals surface area contributed by atoms with Gasteiger partial charge in [0, 0.05) is 36.6 Å². The Bertz CT molecular complexity index is 1180. The van der Waals surface area contributed by atoms with Gasteiger partial charge in [0.1, 0.15) is 21.9 Å². The van der Waals surface area contributed by atoms with Gasteiger partial charge < -0.3 is 19.5 Å². The number of pyridine rings is 1. The first-order valence-corrected chi connectivity index (χ1v) is 12.2. The van der Waals surface area contributed by atoms with Crippen LogP contribution in [0.1, 0.15) is 15.4 Å². The van der Waals surface area contributed by atoms with Crippen LogP contribution in [0.4, 0.5) is 5.69 Å². The van der Waals surface area contributed by atoms with Crippen molar-refractivity contribution in [2.24, 2.45) is 0 Å². The van der Waals surface area contributed by atoms with Gasteiger partial charge in [-0.2, -0.15) is 0 Å². The van der Waals surface area contributed by atoms with Crippen molar-refractivity contribution in [2.45, 2.75) is 12.5 Å². The van der Waals surface area contributed by atoms with Crippen LogP contribution >= 0.6 is 11.3 Å². The van der Waals surface area contributed by atoms with Crippen LogP contribution < -0.4 is 10.1 Å². The Balaban J connectivity index is 1.29. The molecule has 2 saturated heterocycles. The molecule has 0 bridgehead atoms. The van der Waals surface area contributed by atoms with Crippen LogP contribution in [0.5, 0.6) is 5.75 Å². The summed E-state index contributed by atoms with van der Waals surface area (Å²) in [5.41, 5.74) is 1.78. The van der Waals surface area contributed by atoms with Gasteiger partial charge in [0.05, 0.1) is 45.1 Å². The van der Waals surface area contributed by atoms with Crippen molar-refractivity contribution < 1.29 is 23.8 Å². The minimum atomic E-state index is -0.170. The van der Waals surface area contributed by atoms with Crippen molar-refractivity contribution >= 4 is 28.7 Å². The lowest BCUT2D eigenvalue weighted by molar-refractivity contribution is -0.118. The summed E-state index contributed by atoms with van der Waals surface area (Å²) in [6, 6.07) is 8.82. The molecule has 1 amide bonds. The summed E-state index contributed by atoms with van der Waals surface area (Å²) in [5, 5.41) is 12.6. The molecule has 0 atom stereocenters. The van der Waals surface area contributed by atoms with Crippen LogP contribution in [0, 0.1) is 0 Å². The van der Waals surface area contributed by atoms with Crippen molar-refractivity contribution in [1.29, 1.82) is 0 Å². The number of Topliss-reactive ketones (excluding diaryl/α,β-unsaturated/α-hetero) is 1. The molecule has 2 aliphatic rings. The van der Waals surface area contributed by atoms with Gasteiger partial charge in [-0.25, -0.2) is 0 Å². The molecule has 0 saturated carbocycles. The summed E-state index contributed by atoms with van der Waals surface area (Å²) in [6.45, 7) is 3.88. The van der Waals surface area contributed by atoms with Crippen LogP contribution in [0.3, 0.4) is 0 Å². The second-order valence-corrected chi connectivity index (χ2v) is 9.33. The number of hydrogen-bond acceptors (Lipinski definition) is 10. The molecule has 0 unspecified atom stereocenters. The van der Waals surface area contributed by atoms with Gasteiger partial charge in [-0.1, -0.05) is 11.3 Å². The van der Waals surface area contributed by atoms with E-state index in [9.17, 15) is 9.59 Å². The number of ketones is 1. The predicted octanol–water partition coefficient (Wildman–Crippen LogP) is 2.07. The predicted molar refractivity (Wildman–Crippen MR) is 129 cm³/mol. The summed E-state index contributed by atoms with van der Waals surface area (Å²) in [4.78, 5) is 31.9. The lowest BCUT2D eigenvalue weighted by Gasteiger charge is -2.28. The fraction of sp³-hybridized carbons (Fsp3) is 0.375. The number of rotatable bonds is 9. The van der Waals surface area contributed by atoms with E-state index in [1.807, 2.05) is 17.0 Å². The number of hydrogen-bond donors (Lipinski definition) is 1. The quantitative estimate of drug-likeness (QED) is 0.445. The van der Waals surface area contributed by atoms with Crippen molar-refractivity contribution in [3.8, 4) is 16.3 Å². The van der Waals surface area contributed by atoms with E-state index in [1.54, 1.807) is 30.6 Å². The lowest BCUT2D eigenvalue weighted by atomic mass is 10.1. The van der Waals surface area contributed by atoms with Crippen molar-refractivity contribution in [3.05, 3.63) is 53.3 Å². The third-order valence-corrected chi connectivity index (χ3v) is 6.61. The molecule has 0 aliphatic carbocycles. The largest absolute Gasteiger partial charge is 0.483 e. The van der Waals surface area contributed by atoms with Crippen LogP contribution in [-0.2, 0) is 20.7 Å². The van der Waals surface area contributed by atoms with E-state index in [0.717, 1.165) is 5.56 Å². The third-order valence-electron chi connectivity index (χ3n) is 5.63. The Morgan fingerprint density at radius 1 is 1.14 bits per heavy atom. The minimum Gasteiger partial charge on any atom is -0.483 e. The van der Waals surface area contributed by atoms with Crippen LogP contribution in [-0.4, -0.2) is 83.9 Å². The van der Waals surface area contributed by atoms with Gasteiger partial charge in [0.2, 0.25) is 5.91 Å². The second kappa shape index (κ2) is 11.0. The smallest absolute Gasteiger partial charge is 0.238 e. The van der Waals surface area contributed by atoms with Gasteiger partial charge in [0.25, 0.3) is 0 Å². The van der Waals surface area contributed by atoms with E-state index in [4.69, 9.17) is 14.2 Å². The van der Waals surface area contributed by atoms with Crippen molar-refractivity contribution in [2.75, 3.05) is 51.4 Å². The Morgan fingerprint density at radius 3 is 2.74 bits per heavy atom. The molecular weight excluding hydrogens is 470 g/mol. The second-order valence-electron chi connectivity index (χ2n) is 8.27. The van der Waals surface area contributed by atoms with E-state index in [0.29, 0.717) is 66.5 Å². The Morgan fingerprint density at radius 2 is 2.00 bits per heavy atom. The number of nitrogens with one attached hydrogen (secondary N) is 1. The number of carbonyl (C=O) groups excluding carboxylic acids is 2. The highest BCUT2D eigenvalue weighted by atomic mass is 32.1. The van der Waals surface area contributed by atoms with Crippen molar-refractivity contribution in [1.82, 2.24) is 20.1 Å². The van der Waals surface area contributed by atoms with Gasteiger partial charge in [-0.05, 0) is 30.3 Å². The monoisotopic (exact) mass is 495 g/mol. The van der Waals surface area contributed by atoms with Crippen LogP contribution in [0.25, 0.3) is 10.6 Å². The van der Waals surface area contributed by atoms with E-state index in [-0.39, 0.29) is 30.8 Å². The molecule has 4 heterocycles. The summed E-state index contributed by atoms with van der Waals surface area (Å²) in [6.07, 6.45) is 3.44. The average molecular weight is 496 g/mol. The SMILES string of the molecule is O=C(CN1CCOCC1)Nc1cc(C(=O)Cc2nnc(-c3cccnc3)s2)ccc1OC1COC1. The topological polar surface area (TPSA) is 116 Å². The van der Waals surface area contributed by atoms with E-state index in [2.05, 4.69) is 20.5 Å². The normalized spacial score (nSPS) is 16.5. The first kappa shape index (κ1) is 23.5. The number of aromatic nitrogens is 3. The average Bonchev–Trinajstić information content (AvgIpc) is 3.31. The number of benzene rings is 1. The first-order valence-electron chi connectivity index (χ1n) is 11.4. The molecule has 10 nitrogen and oxygen atoms in total. The maximum absolute atomic E-state index is 13.0. The zero-order chi connectivity index (χ0) is 24.0. The van der Waals surface area contributed by atoms with Gasteiger partial charge in [0.15, 0.2) is 5.78 Å². The molecule has 2 aliphatic heterocycles. The fourth-order valence-corrected chi connectivity index (χ4v) is 4.52. The highest BCUT2D eigenvalue weighted by Crippen LogP contribution is 2.29. The maximum atomic E-state index is 13.0. The molecule has 0 radical (unpaired) electrons. The van der Waals surface area contributed by atoms with E-state index >= 15 is 0 Å². The molecule has 35 heavy (non-hydrogen) atoms. The van der Waals surface area contributed by atoms with E-state index < -0.39 is 0 Å². The zero-order valence-electron chi connectivity index (χ0n) is 19.0. The molecule has 5 rings (SSSR count). The summed E-state index contributed by atoms with van der Waals surface area (Å²) >= 11 is 1.36. The Kier molecular flexibility index (Phi) is 7.38.